The van der Waals surface area contributed by atoms with Crippen LogP contribution in [0.25, 0.3) is 0 Å². The molecule has 0 aliphatic heterocycles. The van der Waals surface area contributed by atoms with Crippen molar-refractivity contribution in [2.24, 2.45) is 0 Å². The molecule has 0 aromatic carbocycles. The largest absolute Gasteiger partial charge is 0.391 e. The molecule has 0 saturated carbocycles. The third-order valence-electron chi connectivity index (χ3n) is 0.493. The van der Waals surface area contributed by atoms with Crippen molar-refractivity contribution < 1.29 is 5.11 Å². The Hall–Kier alpha value is -0.740. The molecule has 0 heterocycles. The van der Waals surface area contributed by atoms with Gasteiger partial charge in [-0.05, 0) is 6.92 Å². The summed E-state index contributed by atoms with van der Waals surface area (Å²) in [6.07, 6.45) is 0. The second-order valence-electron chi connectivity index (χ2n) is 1.14. The SMILES string of the molecule is C=C(C#CC)CO. The number of hydrogen-bond acceptors (Lipinski definition) is 1. The molecule has 0 bridgehead atoms. The highest BCUT2D eigenvalue weighted by molar-refractivity contribution is 5.24. The molecule has 0 aromatic rings. The molecule has 0 saturated heterocycles. The van der Waals surface area contributed by atoms with Gasteiger partial charge in [0.05, 0.1) is 6.61 Å². The fourth-order valence-corrected chi connectivity index (χ4v) is 0.216. The van der Waals surface area contributed by atoms with Crippen molar-refractivity contribution in [2.45, 2.75) is 6.92 Å². The van der Waals surface area contributed by atoms with Gasteiger partial charge < -0.3 is 5.11 Å². The Morgan fingerprint density at radius 3 is 2.57 bits per heavy atom. The van der Waals surface area contributed by atoms with Crippen molar-refractivity contribution in [1.82, 2.24) is 0 Å². The molecule has 0 spiro atoms. The van der Waals surface area contributed by atoms with E-state index >= 15 is 0 Å². The minimum absolute atomic E-state index is 0.0269. The van der Waals surface area contributed by atoms with Crippen molar-refractivity contribution >= 4 is 0 Å². The zero-order valence-electron chi connectivity index (χ0n) is 4.36. The van der Waals surface area contributed by atoms with Gasteiger partial charge >= 0.3 is 0 Å². The maximum Gasteiger partial charge on any atom is 0.0754 e. The molecule has 0 aliphatic rings. The van der Waals surface area contributed by atoms with E-state index in [1.54, 1.807) is 6.92 Å². The molecule has 0 rings (SSSR count). The average Bonchev–Trinajstić information content (AvgIpc) is 1.68. The van der Waals surface area contributed by atoms with Crippen LogP contribution < -0.4 is 0 Å². The highest BCUT2D eigenvalue weighted by atomic mass is 16.3. The number of aliphatic hydroxyl groups excluding tert-OH is 1. The van der Waals surface area contributed by atoms with Crippen LogP contribution in [0.4, 0.5) is 0 Å². The molecule has 7 heavy (non-hydrogen) atoms. The van der Waals surface area contributed by atoms with Gasteiger partial charge in [0.25, 0.3) is 0 Å². The normalized spacial score (nSPS) is 6.57. The van der Waals surface area contributed by atoms with Gasteiger partial charge in [-0.3, -0.25) is 0 Å². The Labute approximate surface area is 43.7 Å². The Morgan fingerprint density at radius 2 is 2.43 bits per heavy atom. The molecular weight excluding hydrogens is 88.1 g/mol. The van der Waals surface area contributed by atoms with Crippen LogP contribution >= 0.6 is 0 Å². The minimum atomic E-state index is -0.0269. The van der Waals surface area contributed by atoms with Gasteiger partial charge in [-0.2, -0.15) is 0 Å². The number of rotatable bonds is 1. The van der Waals surface area contributed by atoms with E-state index in [0.29, 0.717) is 5.57 Å². The summed E-state index contributed by atoms with van der Waals surface area (Å²) in [7, 11) is 0. The molecular formula is C6H8O. The first kappa shape index (κ1) is 6.26. The van der Waals surface area contributed by atoms with Crippen LogP contribution in [-0.2, 0) is 0 Å². The van der Waals surface area contributed by atoms with Crippen molar-refractivity contribution in [1.29, 1.82) is 0 Å². The molecule has 0 aliphatic carbocycles. The van der Waals surface area contributed by atoms with E-state index in [9.17, 15) is 0 Å². The van der Waals surface area contributed by atoms with E-state index < -0.39 is 0 Å². The molecule has 0 unspecified atom stereocenters. The predicted molar refractivity (Wildman–Crippen MR) is 29.7 cm³/mol. The minimum Gasteiger partial charge on any atom is -0.391 e. The maximum absolute atomic E-state index is 8.26. The van der Waals surface area contributed by atoms with Crippen LogP contribution in [-0.4, -0.2) is 11.7 Å². The second-order valence-corrected chi connectivity index (χ2v) is 1.14. The third kappa shape index (κ3) is 3.08. The molecule has 0 aromatic heterocycles. The second kappa shape index (κ2) is 3.45. The van der Waals surface area contributed by atoms with Gasteiger partial charge in [-0.25, -0.2) is 0 Å². The molecule has 1 N–H and O–H groups in total. The van der Waals surface area contributed by atoms with Crippen LogP contribution in [0.2, 0.25) is 0 Å². The van der Waals surface area contributed by atoms with Crippen LogP contribution in [0.5, 0.6) is 0 Å². The van der Waals surface area contributed by atoms with E-state index in [2.05, 4.69) is 18.4 Å². The lowest BCUT2D eigenvalue weighted by atomic mass is 10.3. The summed E-state index contributed by atoms with van der Waals surface area (Å²) in [5, 5.41) is 8.26. The first-order valence-electron chi connectivity index (χ1n) is 2.02. The van der Waals surface area contributed by atoms with E-state index in [0.717, 1.165) is 0 Å². The smallest absolute Gasteiger partial charge is 0.0754 e. The third-order valence-corrected chi connectivity index (χ3v) is 0.493. The lowest BCUT2D eigenvalue weighted by Crippen LogP contribution is -1.80. The fourth-order valence-electron chi connectivity index (χ4n) is 0.216. The summed E-state index contributed by atoms with van der Waals surface area (Å²) in [6, 6.07) is 0. The van der Waals surface area contributed by atoms with Crippen molar-refractivity contribution in [3.63, 3.8) is 0 Å². The van der Waals surface area contributed by atoms with E-state index in [1.165, 1.54) is 0 Å². The monoisotopic (exact) mass is 96.1 g/mol. The molecule has 0 atom stereocenters. The standard InChI is InChI=1S/C6H8O/c1-3-4-6(2)5-7/h7H,2,5H2,1H3. The average molecular weight is 96.1 g/mol. The van der Waals surface area contributed by atoms with Crippen molar-refractivity contribution in [3.8, 4) is 11.8 Å². The Bertz CT molecular complexity index is 114. The number of aliphatic hydroxyl groups is 1. The van der Waals surface area contributed by atoms with Crippen LogP contribution in [0, 0.1) is 11.8 Å². The first-order chi connectivity index (χ1) is 3.31. The van der Waals surface area contributed by atoms with Gasteiger partial charge in [0.1, 0.15) is 0 Å². The van der Waals surface area contributed by atoms with E-state index in [4.69, 9.17) is 5.11 Å². The molecule has 0 amide bonds. The zero-order valence-corrected chi connectivity index (χ0v) is 4.36. The Morgan fingerprint density at radius 1 is 1.86 bits per heavy atom. The Kier molecular flexibility index (Phi) is 3.09. The zero-order chi connectivity index (χ0) is 5.70. The van der Waals surface area contributed by atoms with Crippen LogP contribution in [0.3, 0.4) is 0 Å². The quantitative estimate of drug-likeness (QED) is 0.473. The van der Waals surface area contributed by atoms with Gasteiger partial charge in [-0.1, -0.05) is 12.5 Å². The summed E-state index contributed by atoms with van der Waals surface area (Å²) in [6.45, 7) is 5.12. The van der Waals surface area contributed by atoms with Gasteiger partial charge in [0, 0.05) is 5.57 Å². The number of hydrogen-bond donors (Lipinski definition) is 1. The highest BCUT2D eigenvalue weighted by Gasteiger charge is 1.76. The van der Waals surface area contributed by atoms with Crippen LogP contribution in [0.1, 0.15) is 6.92 Å². The molecule has 38 valence electrons. The molecule has 1 heteroatoms. The summed E-state index contributed by atoms with van der Waals surface area (Å²) in [5.74, 6) is 5.21. The summed E-state index contributed by atoms with van der Waals surface area (Å²) < 4.78 is 0. The maximum atomic E-state index is 8.26. The topological polar surface area (TPSA) is 20.2 Å². The first-order valence-corrected chi connectivity index (χ1v) is 2.02. The van der Waals surface area contributed by atoms with Crippen LogP contribution in [0.15, 0.2) is 12.2 Å². The lowest BCUT2D eigenvalue weighted by Gasteiger charge is -1.81. The highest BCUT2D eigenvalue weighted by Crippen LogP contribution is 1.79. The fraction of sp³-hybridized carbons (Fsp3) is 0.333. The summed E-state index contributed by atoms with van der Waals surface area (Å²) in [4.78, 5) is 0. The Balaban J connectivity index is 3.52. The summed E-state index contributed by atoms with van der Waals surface area (Å²) >= 11 is 0. The van der Waals surface area contributed by atoms with E-state index in [-0.39, 0.29) is 6.61 Å². The van der Waals surface area contributed by atoms with Gasteiger partial charge in [-0.15, -0.1) is 5.92 Å². The molecule has 1 nitrogen and oxygen atoms in total. The van der Waals surface area contributed by atoms with Crippen molar-refractivity contribution in [3.05, 3.63) is 12.2 Å². The summed E-state index contributed by atoms with van der Waals surface area (Å²) in [5.41, 5.74) is 0.572. The van der Waals surface area contributed by atoms with E-state index in [1.807, 2.05) is 0 Å². The van der Waals surface area contributed by atoms with Gasteiger partial charge in [0.15, 0.2) is 0 Å². The van der Waals surface area contributed by atoms with Gasteiger partial charge in [0.2, 0.25) is 0 Å². The predicted octanol–water partition coefficient (Wildman–Crippen LogP) is 0.558. The molecule has 0 radical (unpaired) electrons. The van der Waals surface area contributed by atoms with Crippen molar-refractivity contribution in [2.75, 3.05) is 6.61 Å². The lowest BCUT2D eigenvalue weighted by molar-refractivity contribution is 0.336. The molecule has 0 fully saturated rings.